The van der Waals surface area contributed by atoms with Crippen LogP contribution in [-0.2, 0) is 16.0 Å². The number of aliphatic carboxylic acids is 1. The first kappa shape index (κ1) is 12.4. The van der Waals surface area contributed by atoms with Crippen LogP contribution in [0.1, 0.15) is 5.56 Å². The highest BCUT2D eigenvalue weighted by molar-refractivity contribution is 6.31. The van der Waals surface area contributed by atoms with E-state index >= 15 is 0 Å². The molecule has 16 heavy (non-hydrogen) atoms. The monoisotopic (exact) mass is 245 g/mol. The standard InChI is InChI=1S/C10H9ClFNO3/c11-7-1-2-8(12)6(5-7)3-4-13-9(14)10(15)16/h1-2,5H,3-4H2,(H,13,14)(H,15,16). The fraction of sp³-hybridized carbons (Fsp3) is 0.200. The van der Waals surface area contributed by atoms with Crippen molar-refractivity contribution in [2.24, 2.45) is 0 Å². The molecule has 0 fully saturated rings. The lowest BCUT2D eigenvalue weighted by molar-refractivity contribution is -0.150. The van der Waals surface area contributed by atoms with E-state index in [1.54, 1.807) is 0 Å². The summed E-state index contributed by atoms with van der Waals surface area (Å²) >= 11 is 5.66. The van der Waals surface area contributed by atoms with Crippen molar-refractivity contribution in [1.82, 2.24) is 5.32 Å². The van der Waals surface area contributed by atoms with E-state index in [0.29, 0.717) is 10.6 Å². The van der Waals surface area contributed by atoms with E-state index in [-0.39, 0.29) is 13.0 Å². The van der Waals surface area contributed by atoms with Crippen LogP contribution in [0.4, 0.5) is 4.39 Å². The van der Waals surface area contributed by atoms with E-state index in [2.05, 4.69) is 5.32 Å². The van der Waals surface area contributed by atoms with Gasteiger partial charge in [0.2, 0.25) is 0 Å². The number of halogens is 2. The molecule has 0 radical (unpaired) electrons. The summed E-state index contributed by atoms with van der Waals surface area (Å²) < 4.78 is 13.2. The van der Waals surface area contributed by atoms with Crippen LogP contribution < -0.4 is 5.32 Å². The maximum Gasteiger partial charge on any atom is 0.394 e. The van der Waals surface area contributed by atoms with Crippen LogP contribution in [0.15, 0.2) is 18.2 Å². The SMILES string of the molecule is O=C(O)C(=O)NCCc1cc(Cl)ccc1F. The van der Waals surface area contributed by atoms with E-state index < -0.39 is 17.7 Å². The van der Waals surface area contributed by atoms with Gasteiger partial charge < -0.3 is 10.4 Å². The highest BCUT2D eigenvalue weighted by Crippen LogP contribution is 2.14. The molecule has 0 bridgehead atoms. The average molecular weight is 246 g/mol. The molecule has 0 aromatic heterocycles. The molecule has 1 aromatic rings. The summed E-state index contributed by atoms with van der Waals surface area (Å²) in [5.41, 5.74) is 0.332. The highest BCUT2D eigenvalue weighted by atomic mass is 35.5. The zero-order valence-electron chi connectivity index (χ0n) is 8.17. The number of amides is 1. The molecule has 0 heterocycles. The second-order valence-electron chi connectivity index (χ2n) is 3.05. The van der Waals surface area contributed by atoms with Crippen molar-refractivity contribution in [3.63, 3.8) is 0 Å². The molecule has 2 N–H and O–H groups in total. The van der Waals surface area contributed by atoms with E-state index in [9.17, 15) is 14.0 Å². The summed E-state index contributed by atoms with van der Waals surface area (Å²) in [7, 11) is 0. The van der Waals surface area contributed by atoms with Gasteiger partial charge in [-0.3, -0.25) is 4.79 Å². The van der Waals surface area contributed by atoms with Crippen molar-refractivity contribution in [2.75, 3.05) is 6.54 Å². The molecular formula is C10H9ClFNO3. The predicted octanol–water partition coefficient (Wildman–Crippen LogP) is 1.22. The normalized spacial score (nSPS) is 9.88. The smallest absolute Gasteiger partial charge is 0.394 e. The van der Waals surface area contributed by atoms with E-state index in [1.165, 1.54) is 18.2 Å². The topological polar surface area (TPSA) is 66.4 Å². The Balaban J connectivity index is 2.52. The molecule has 0 atom stereocenters. The summed E-state index contributed by atoms with van der Waals surface area (Å²) in [5, 5.41) is 10.8. The van der Waals surface area contributed by atoms with Gasteiger partial charge >= 0.3 is 11.9 Å². The van der Waals surface area contributed by atoms with E-state index in [4.69, 9.17) is 16.7 Å². The summed E-state index contributed by atoms with van der Waals surface area (Å²) in [6, 6.07) is 4.07. The third-order valence-corrected chi connectivity index (χ3v) is 2.12. The van der Waals surface area contributed by atoms with Crippen molar-refractivity contribution in [1.29, 1.82) is 0 Å². The van der Waals surface area contributed by atoms with Gasteiger partial charge in [0, 0.05) is 11.6 Å². The lowest BCUT2D eigenvalue weighted by atomic mass is 10.1. The van der Waals surface area contributed by atoms with Gasteiger partial charge in [0.05, 0.1) is 0 Å². The Morgan fingerprint density at radius 2 is 2.12 bits per heavy atom. The molecule has 0 saturated heterocycles. The van der Waals surface area contributed by atoms with Gasteiger partial charge in [-0.1, -0.05) is 11.6 Å². The predicted molar refractivity (Wildman–Crippen MR) is 55.8 cm³/mol. The molecule has 0 spiro atoms. The summed E-state index contributed by atoms with van der Waals surface area (Å²) in [6.45, 7) is 0.0440. The maximum absolute atomic E-state index is 13.2. The quantitative estimate of drug-likeness (QED) is 0.787. The maximum atomic E-state index is 13.2. The van der Waals surface area contributed by atoms with Crippen LogP contribution in [0.2, 0.25) is 5.02 Å². The molecule has 86 valence electrons. The average Bonchev–Trinajstić information content (AvgIpc) is 2.22. The van der Waals surface area contributed by atoms with Crippen LogP contribution in [-0.4, -0.2) is 23.5 Å². The Labute approximate surface area is 96.0 Å². The van der Waals surface area contributed by atoms with Gasteiger partial charge in [0.1, 0.15) is 5.82 Å². The van der Waals surface area contributed by atoms with Crippen molar-refractivity contribution in [3.8, 4) is 0 Å². The fourth-order valence-corrected chi connectivity index (χ4v) is 1.32. The van der Waals surface area contributed by atoms with Crippen LogP contribution in [0.5, 0.6) is 0 Å². The van der Waals surface area contributed by atoms with Gasteiger partial charge in [-0.05, 0) is 30.2 Å². The van der Waals surface area contributed by atoms with Gasteiger partial charge in [0.15, 0.2) is 0 Å². The zero-order chi connectivity index (χ0) is 12.1. The largest absolute Gasteiger partial charge is 0.474 e. The first-order valence-corrected chi connectivity index (χ1v) is 4.83. The number of hydrogen-bond donors (Lipinski definition) is 2. The number of nitrogens with one attached hydrogen (secondary N) is 1. The number of carboxylic acids is 1. The van der Waals surface area contributed by atoms with Crippen LogP contribution in [0.3, 0.4) is 0 Å². The van der Waals surface area contributed by atoms with E-state index in [1.807, 2.05) is 0 Å². The van der Waals surface area contributed by atoms with Crippen molar-refractivity contribution in [3.05, 3.63) is 34.6 Å². The highest BCUT2D eigenvalue weighted by Gasteiger charge is 2.10. The Morgan fingerprint density at radius 3 is 2.75 bits per heavy atom. The number of rotatable bonds is 3. The molecule has 0 aliphatic rings. The van der Waals surface area contributed by atoms with Crippen molar-refractivity contribution >= 4 is 23.5 Å². The Hall–Kier alpha value is -1.62. The molecule has 1 amide bonds. The lowest BCUT2D eigenvalue weighted by Crippen LogP contribution is -2.32. The number of benzene rings is 1. The van der Waals surface area contributed by atoms with Crippen LogP contribution >= 0.6 is 11.6 Å². The zero-order valence-corrected chi connectivity index (χ0v) is 8.92. The minimum absolute atomic E-state index is 0.0440. The Morgan fingerprint density at radius 1 is 1.44 bits per heavy atom. The third kappa shape index (κ3) is 3.51. The molecule has 1 rings (SSSR count). The van der Waals surface area contributed by atoms with Gasteiger partial charge in [-0.2, -0.15) is 0 Å². The molecule has 0 aliphatic carbocycles. The number of carbonyl (C=O) groups excluding carboxylic acids is 1. The summed E-state index contributed by atoms with van der Waals surface area (Å²) in [5.74, 6) is -3.11. The summed E-state index contributed by atoms with van der Waals surface area (Å²) in [6.07, 6.45) is 0.186. The molecule has 1 aromatic carbocycles. The second kappa shape index (κ2) is 5.46. The molecular weight excluding hydrogens is 237 g/mol. The first-order valence-electron chi connectivity index (χ1n) is 4.45. The second-order valence-corrected chi connectivity index (χ2v) is 3.48. The van der Waals surface area contributed by atoms with Crippen LogP contribution in [0, 0.1) is 5.82 Å². The third-order valence-electron chi connectivity index (χ3n) is 1.88. The Kier molecular flexibility index (Phi) is 4.25. The van der Waals surface area contributed by atoms with Crippen LogP contribution in [0.25, 0.3) is 0 Å². The molecule has 0 saturated carbocycles. The number of carbonyl (C=O) groups is 2. The molecule has 0 aliphatic heterocycles. The molecule has 4 nitrogen and oxygen atoms in total. The Bertz CT molecular complexity index is 423. The summed E-state index contributed by atoms with van der Waals surface area (Å²) in [4.78, 5) is 20.8. The minimum atomic E-state index is -1.56. The fourth-order valence-electron chi connectivity index (χ4n) is 1.12. The number of carboxylic acid groups (broad SMARTS) is 1. The molecule has 0 unspecified atom stereocenters. The minimum Gasteiger partial charge on any atom is -0.474 e. The van der Waals surface area contributed by atoms with Gasteiger partial charge in [0.25, 0.3) is 0 Å². The van der Waals surface area contributed by atoms with Crippen molar-refractivity contribution < 1.29 is 19.1 Å². The molecule has 6 heteroatoms. The van der Waals surface area contributed by atoms with Gasteiger partial charge in [-0.25, -0.2) is 9.18 Å². The lowest BCUT2D eigenvalue weighted by Gasteiger charge is -2.04. The number of hydrogen-bond acceptors (Lipinski definition) is 2. The van der Waals surface area contributed by atoms with E-state index in [0.717, 1.165) is 0 Å². The van der Waals surface area contributed by atoms with Crippen molar-refractivity contribution in [2.45, 2.75) is 6.42 Å². The van der Waals surface area contributed by atoms with Gasteiger partial charge in [-0.15, -0.1) is 0 Å². The first-order chi connectivity index (χ1) is 7.50.